The maximum atomic E-state index is 12.3. The highest BCUT2D eigenvalue weighted by Crippen LogP contribution is 2.25. The number of benzene rings is 2. The molecule has 6 heteroatoms. The molecule has 0 N–H and O–H groups in total. The molecule has 0 aliphatic heterocycles. The molecule has 2 aromatic rings. The van der Waals surface area contributed by atoms with E-state index in [1.165, 1.54) is 6.07 Å². The minimum Gasteiger partial charge on any atom is -0.493 e. The van der Waals surface area contributed by atoms with E-state index in [4.69, 9.17) is 21.1 Å². The first-order chi connectivity index (χ1) is 11.0. The molecule has 0 radical (unpaired) electrons. The minimum atomic E-state index is -1.09. The van der Waals surface area contributed by atoms with Crippen molar-refractivity contribution < 1.29 is 19.1 Å². The van der Waals surface area contributed by atoms with E-state index >= 15 is 0 Å². The number of hydrogen-bond acceptors (Lipinski definition) is 4. The molecule has 120 valence electrons. The Morgan fingerprint density at radius 3 is 2.52 bits per heavy atom. The number of rotatable bonds is 6. The summed E-state index contributed by atoms with van der Waals surface area (Å²) in [6, 6.07) is 13.2. The number of carbonyl (C=O) groups is 2. The van der Waals surface area contributed by atoms with E-state index in [2.05, 4.69) is 15.9 Å². The lowest BCUT2D eigenvalue weighted by Gasteiger charge is -2.13. The van der Waals surface area contributed by atoms with Crippen molar-refractivity contribution in [1.29, 1.82) is 0 Å². The zero-order chi connectivity index (χ0) is 16.8. The first-order valence-corrected chi connectivity index (χ1v) is 8.19. The number of Topliss-reactive ketones (excluding diaryl/α,β-unsaturated/α-hetero) is 1. The Balaban J connectivity index is 2.15. The Bertz CT molecular complexity index is 703. The maximum absolute atomic E-state index is 12.3. The monoisotopic (exact) mass is 396 g/mol. The van der Waals surface area contributed by atoms with E-state index < -0.39 is 11.0 Å². The number of ketones is 1. The molecule has 4 nitrogen and oxygen atoms in total. The summed E-state index contributed by atoms with van der Waals surface area (Å²) >= 11 is 9.01. The SMILES string of the molecule is CCOc1ccc(Cl)cc1C(=O)OC(Br)C(=O)c1ccccc1. The van der Waals surface area contributed by atoms with Crippen LogP contribution in [0, 0.1) is 0 Å². The molecule has 0 amide bonds. The zero-order valence-electron chi connectivity index (χ0n) is 12.3. The summed E-state index contributed by atoms with van der Waals surface area (Å²) in [6.07, 6.45) is 0. The van der Waals surface area contributed by atoms with Crippen molar-refractivity contribution >= 4 is 39.3 Å². The van der Waals surface area contributed by atoms with E-state index in [0.717, 1.165) is 0 Å². The quantitative estimate of drug-likeness (QED) is 0.409. The maximum Gasteiger partial charge on any atom is 0.343 e. The van der Waals surface area contributed by atoms with Gasteiger partial charge in [0.1, 0.15) is 11.3 Å². The summed E-state index contributed by atoms with van der Waals surface area (Å²) < 4.78 is 10.6. The van der Waals surface area contributed by atoms with Gasteiger partial charge in [-0.3, -0.25) is 4.79 Å². The summed E-state index contributed by atoms with van der Waals surface area (Å²) in [7, 11) is 0. The third-order valence-corrected chi connectivity index (χ3v) is 3.77. The summed E-state index contributed by atoms with van der Waals surface area (Å²) in [5.41, 5.74) is 0.614. The predicted molar refractivity (Wildman–Crippen MR) is 91.5 cm³/mol. The van der Waals surface area contributed by atoms with E-state index in [1.807, 2.05) is 0 Å². The Labute approximate surface area is 147 Å². The molecule has 0 aromatic heterocycles. The molecular weight excluding hydrogens is 384 g/mol. The van der Waals surface area contributed by atoms with Crippen molar-refractivity contribution in [2.75, 3.05) is 6.61 Å². The van der Waals surface area contributed by atoms with Crippen molar-refractivity contribution in [3.63, 3.8) is 0 Å². The number of halogens is 2. The summed E-state index contributed by atoms with van der Waals surface area (Å²) in [4.78, 5) is 24.5. The molecule has 0 saturated carbocycles. The van der Waals surface area contributed by atoms with Crippen LogP contribution in [0.5, 0.6) is 5.75 Å². The van der Waals surface area contributed by atoms with E-state index in [0.29, 0.717) is 22.9 Å². The van der Waals surface area contributed by atoms with Gasteiger partial charge in [-0.15, -0.1) is 0 Å². The number of esters is 1. The molecule has 0 aliphatic carbocycles. The average Bonchev–Trinajstić information content (AvgIpc) is 2.56. The van der Waals surface area contributed by atoms with Crippen molar-refractivity contribution in [1.82, 2.24) is 0 Å². The van der Waals surface area contributed by atoms with Crippen molar-refractivity contribution in [3.8, 4) is 5.75 Å². The molecule has 0 fully saturated rings. The average molecular weight is 398 g/mol. The molecule has 0 bridgehead atoms. The van der Waals surface area contributed by atoms with Gasteiger partial charge >= 0.3 is 5.97 Å². The van der Waals surface area contributed by atoms with E-state index in [9.17, 15) is 9.59 Å². The van der Waals surface area contributed by atoms with Crippen LogP contribution in [0.15, 0.2) is 48.5 Å². The van der Waals surface area contributed by atoms with Gasteiger partial charge in [0, 0.05) is 10.6 Å². The number of ether oxygens (including phenoxy) is 2. The molecular formula is C17H14BrClO4. The molecule has 0 spiro atoms. The Morgan fingerprint density at radius 2 is 1.87 bits per heavy atom. The van der Waals surface area contributed by atoms with Gasteiger partial charge in [0.2, 0.25) is 10.8 Å². The van der Waals surface area contributed by atoms with Crippen LogP contribution in [-0.4, -0.2) is 23.4 Å². The van der Waals surface area contributed by atoms with Gasteiger partial charge in [-0.05, 0) is 41.1 Å². The van der Waals surface area contributed by atoms with Crippen LogP contribution in [0.4, 0.5) is 0 Å². The normalized spacial score (nSPS) is 11.6. The predicted octanol–water partition coefficient (Wildman–Crippen LogP) is 4.50. The highest BCUT2D eigenvalue weighted by molar-refractivity contribution is 9.09. The molecule has 23 heavy (non-hydrogen) atoms. The number of hydrogen-bond donors (Lipinski definition) is 0. The molecule has 0 saturated heterocycles. The minimum absolute atomic E-state index is 0.171. The largest absolute Gasteiger partial charge is 0.493 e. The van der Waals surface area contributed by atoms with Gasteiger partial charge in [0.15, 0.2) is 0 Å². The highest BCUT2D eigenvalue weighted by atomic mass is 79.9. The van der Waals surface area contributed by atoms with Crippen LogP contribution >= 0.6 is 27.5 Å². The summed E-state index contributed by atoms with van der Waals surface area (Å²) in [5.74, 6) is -0.685. The lowest BCUT2D eigenvalue weighted by atomic mass is 10.1. The van der Waals surface area contributed by atoms with Crippen LogP contribution < -0.4 is 4.74 Å². The van der Waals surface area contributed by atoms with Crippen molar-refractivity contribution in [3.05, 3.63) is 64.7 Å². The smallest absolute Gasteiger partial charge is 0.343 e. The second-order valence-electron chi connectivity index (χ2n) is 4.53. The Kier molecular flexibility index (Phi) is 6.19. The van der Waals surface area contributed by atoms with Gasteiger partial charge in [0.05, 0.1) is 6.61 Å². The zero-order valence-corrected chi connectivity index (χ0v) is 14.6. The standard InChI is InChI=1S/C17H14BrClO4/c1-2-22-14-9-8-12(19)10-13(14)17(21)23-16(18)15(20)11-6-4-3-5-7-11/h3-10,16H,2H2,1H3. The Morgan fingerprint density at radius 1 is 1.17 bits per heavy atom. The molecule has 1 atom stereocenters. The lowest BCUT2D eigenvalue weighted by Crippen LogP contribution is -2.22. The fourth-order valence-electron chi connectivity index (χ4n) is 1.89. The van der Waals surface area contributed by atoms with Crippen LogP contribution in [-0.2, 0) is 4.74 Å². The Hall–Kier alpha value is -1.85. The topological polar surface area (TPSA) is 52.6 Å². The summed E-state index contributed by atoms with van der Waals surface area (Å²) in [5, 5.41) is -0.716. The van der Waals surface area contributed by atoms with E-state index in [1.54, 1.807) is 49.4 Å². The summed E-state index contributed by atoms with van der Waals surface area (Å²) in [6.45, 7) is 2.19. The van der Waals surface area contributed by atoms with Crippen LogP contribution in [0.25, 0.3) is 0 Å². The van der Waals surface area contributed by atoms with Gasteiger partial charge in [-0.25, -0.2) is 4.79 Å². The van der Waals surface area contributed by atoms with Crippen LogP contribution in [0.2, 0.25) is 5.02 Å². The van der Waals surface area contributed by atoms with Gasteiger partial charge in [-0.1, -0.05) is 41.9 Å². The fraction of sp³-hybridized carbons (Fsp3) is 0.176. The van der Waals surface area contributed by atoms with Crippen molar-refractivity contribution in [2.24, 2.45) is 0 Å². The van der Waals surface area contributed by atoms with Gasteiger partial charge < -0.3 is 9.47 Å². The van der Waals surface area contributed by atoms with E-state index in [-0.39, 0.29) is 11.3 Å². The third kappa shape index (κ3) is 4.56. The number of alkyl halides is 1. The molecule has 1 unspecified atom stereocenters. The molecule has 2 rings (SSSR count). The second-order valence-corrected chi connectivity index (χ2v) is 5.79. The van der Waals surface area contributed by atoms with Gasteiger partial charge in [-0.2, -0.15) is 0 Å². The third-order valence-electron chi connectivity index (χ3n) is 2.94. The van der Waals surface area contributed by atoms with Crippen LogP contribution in [0.1, 0.15) is 27.6 Å². The van der Waals surface area contributed by atoms with Crippen molar-refractivity contribution in [2.45, 2.75) is 11.9 Å². The lowest BCUT2D eigenvalue weighted by molar-refractivity contribution is 0.0431. The molecule has 0 heterocycles. The first-order valence-electron chi connectivity index (χ1n) is 6.89. The van der Waals surface area contributed by atoms with Gasteiger partial charge in [0.25, 0.3) is 0 Å². The highest BCUT2D eigenvalue weighted by Gasteiger charge is 2.24. The second kappa shape index (κ2) is 8.13. The molecule has 0 aliphatic rings. The first kappa shape index (κ1) is 17.5. The van der Waals surface area contributed by atoms with Crippen LogP contribution in [0.3, 0.4) is 0 Å². The fourth-order valence-corrected chi connectivity index (χ4v) is 2.49. The molecule has 2 aromatic carbocycles. The number of carbonyl (C=O) groups excluding carboxylic acids is 2.